The molecule has 8 heteroatoms. The van der Waals surface area contributed by atoms with E-state index >= 15 is 0 Å². The summed E-state index contributed by atoms with van der Waals surface area (Å²) >= 11 is 6.00. The molecular weight excluding hydrogens is 458 g/mol. The standard InChI is InChI=1S/C17H26ClFN4O.HI/c1-5-20-16(22-11-15(24)23-17(2,3)4)21-10-9-12-13(18)7-6-8-14(12)19;/h6-8H,5,9-11H2,1-4H3,(H,23,24)(H2,20,21,22);1H. The highest BCUT2D eigenvalue weighted by Gasteiger charge is 2.13. The van der Waals surface area contributed by atoms with Crippen LogP contribution in [0.2, 0.25) is 5.02 Å². The van der Waals surface area contributed by atoms with Crippen molar-refractivity contribution in [1.82, 2.24) is 16.0 Å². The minimum absolute atomic E-state index is 0. The van der Waals surface area contributed by atoms with Crippen molar-refractivity contribution in [3.05, 3.63) is 34.6 Å². The third kappa shape index (κ3) is 9.84. The number of hydrogen-bond acceptors (Lipinski definition) is 2. The molecule has 5 nitrogen and oxygen atoms in total. The number of aliphatic imine (C=N–C) groups is 1. The van der Waals surface area contributed by atoms with Crippen LogP contribution in [0.15, 0.2) is 23.2 Å². The van der Waals surface area contributed by atoms with Crippen molar-refractivity contribution < 1.29 is 9.18 Å². The van der Waals surface area contributed by atoms with Gasteiger partial charge < -0.3 is 16.0 Å². The van der Waals surface area contributed by atoms with Gasteiger partial charge in [-0.05, 0) is 46.2 Å². The lowest BCUT2D eigenvalue weighted by atomic mass is 10.1. The van der Waals surface area contributed by atoms with Gasteiger partial charge in [-0.3, -0.25) is 4.79 Å². The molecule has 1 aromatic rings. The van der Waals surface area contributed by atoms with Crippen LogP contribution < -0.4 is 16.0 Å². The molecule has 1 rings (SSSR count). The summed E-state index contributed by atoms with van der Waals surface area (Å²) < 4.78 is 13.7. The van der Waals surface area contributed by atoms with Gasteiger partial charge in [-0.1, -0.05) is 17.7 Å². The van der Waals surface area contributed by atoms with Crippen LogP contribution in [0.3, 0.4) is 0 Å². The maximum atomic E-state index is 13.7. The number of rotatable bonds is 6. The third-order valence-electron chi connectivity index (χ3n) is 2.97. The van der Waals surface area contributed by atoms with E-state index in [-0.39, 0.29) is 47.8 Å². The summed E-state index contributed by atoms with van der Waals surface area (Å²) in [4.78, 5) is 16.0. The summed E-state index contributed by atoms with van der Waals surface area (Å²) in [7, 11) is 0. The Labute approximate surface area is 171 Å². The largest absolute Gasteiger partial charge is 0.357 e. The number of guanidine groups is 1. The number of nitrogens with zero attached hydrogens (tertiary/aromatic N) is 1. The normalized spacial score (nSPS) is 11.5. The summed E-state index contributed by atoms with van der Waals surface area (Å²) in [6, 6.07) is 4.63. The van der Waals surface area contributed by atoms with Gasteiger partial charge >= 0.3 is 0 Å². The number of nitrogens with one attached hydrogen (secondary N) is 3. The van der Waals surface area contributed by atoms with Crippen LogP contribution in [0.5, 0.6) is 0 Å². The summed E-state index contributed by atoms with van der Waals surface area (Å²) in [6.45, 7) is 8.80. The fourth-order valence-electron chi connectivity index (χ4n) is 2.03. The summed E-state index contributed by atoms with van der Waals surface area (Å²) in [5.41, 5.74) is 0.174. The topological polar surface area (TPSA) is 65.5 Å². The van der Waals surface area contributed by atoms with Gasteiger partial charge in [0.2, 0.25) is 5.91 Å². The average Bonchev–Trinajstić information content (AvgIpc) is 2.46. The molecule has 1 amide bonds. The fourth-order valence-corrected chi connectivity index (χ4v) is 2.28. The molecule has 142 valence electrons. The molecule has 0 heterocycles. The molecule has 0 atom stereocenters. The van der Waals surface area contributed by atoms with Crippen molar-refractivity contribution in [2.24, 2.45) is 4.99 Å². The number of carbonyl (C=O) groups excluding carboxylic acids is 1. The first-order valence-electron chi connectivity index (χ1n) is 7.99. The van der Waals surface area contributed by atoms with Crippen LogP contribution >= 0.6 is 35.6 Å². The van der Waals surface area contributed by atoms with Crippen molar-refractivity contribution >= 4 is 47.4 Å². The van der Waals surface area contributed by atoms with Gasteiger partial charge in [0.15, 0.2) is 5.96 Å². The van der Waals surface area contributed by atoms with E-state index in [4.69, 9.17) is 11.6 Å². The molecular formula is C17H27ClFIN4O. The first-order chi connectivity index (χ1) is 11.2. The van der Waals surface area contributed by atoms with Crippen LogP contribution in [0.4, 0.5) is 4.39 Å². The molecule has 0 aromatic heterocycles. The van der Waals surface area contributed by atoms with Crippen molar-refractivity contribution in [3.63, 3.8) is 0 Å². The van der Waals surface area contributed by atoms with Gasteiger partial charge in [-0.15, -0.1) is 24.0 Å². The molecule has 0 fully saturated rings. The molecule has 0 spiro atoms. The van der Waals surface area contributed by atoms with Gasteiger partial charge in [-0.2, -0.15) is 0 Å². The Balaban J connectivity index is 0.00000576. The maximum Gasteiger partial charge on any atom is 0.242 e. The highest BCUT2D eigenvalue weighted by atomic mass is 127. The lowest BCUT2D eigenvalue weighted by molar-refractivity contribution is -0.121. The van der Waals surface area contributed by atoms with Crippen LogP contribution in [-0.2, 0) is 11.2 Å². The number of benzene rings is 1. The first-order valence-corrected chi connectivity index (χ1v) is 8.37. The predicted octanol–water partition coefficient (Wildman–Crippen LogP) is 3.11. The number of hydrogen-bond donors (Lipinski definition) is 3. The first kappa shape index (κ1) is 23.9. The Morgan fingerprint density at radius 2 is 1.96 bits per heavy atom. The zero-order valence-electron chi connectivity index (χ0n) is 15.1. The maximum absolute atomic E-state index is 13.7. The van der Waals surface area contributed by atoms with Crippen LogP contribution in [0, 0.1) is 5.82 Å². The second kappa shape index (κ2) is 11.5. The number of carbonyl (C=O) groups is 1. The van der Waals surface area contributed by atoms with E-state index in [1.807, 2.05) is 27.7 Å². The van der Waals surface area contributed by atoms with Gasteiger partial charge in [-0.25, -0.2) is 9.38 Å². The van der Waals surface area contributed by atoms with Crippen LogP contribution in [-0.4, -0.2) is 37.0 Å². The zero-order chi connectivity index (χ0) is 18.2. The van der Waals surface area contributed by atoms with Crippen molar-refractivity contribution in [2.45, 2.75) is 39.7 Å². The van der Waals surface area contributed by atoms with Gasteiger partial charge in [0, 0.05) is 29.2 Å². The lowest BCUT2D eigenvalue weighted by Crippen LogP contribution is -2.43. The molecule has 0 saturated carbocycles. The zero-order valence-corrected chi connectivity index (χ0v) is 18.2. The minimum Gasteiger partial charge on any atom is -0.357 e. The Kier molecular flexibility index (Phi) is 11.0. The summed E-state index contributed by atoms with van der Waals surface area (Å²) in [5, 5.41) is 9.37. The molecule has 0 unspecified atom stereocenters. The summed E-state index contributed by atoms with van der Waals surface area (Å²) in [5.74, 6) is 0.0293. The smallest absolute Gasteiger partial charge is 0.242 e. The number of amides is 1. The Morgan fingerprint density at radius 3 is 2.52 bits per heavy atom. The van der Waals surface area contributed by atoms with Crippen molar-refractivity contribution in [1.29, 1.82) is 0 Å². The average molecular weight is 485 g/mol. The molecule has 0 saturated heterocycles. The van der Waals surface area contributed by atoms with E-state index in [9.17, 15) is 9.18 Å². The molecule has 25 heavy (non-hydrogen) atoms. The Morgan fingerprint density at radius 1 is 1.28 bits per heavy atom. The van der Waals surface area contributed by atoms with E-state index in [1.54, 1.807) is 12.1 Å². The van der Waals surface area contributed by atoms with Crippen LogP contribution in [0.25, 0.3) is 0 Å². The highest BCUT2D eigenvalue weighted by Crippen LogP contribution is 2.18. The quantitative estimate of drug-likeness (QED) is 0.330. The molecule has 0 bridgehead atoms. The summed E-state index contributed by atoms with van der Waals surface area (Å²) in [6.07, 6.45) is 0.421. The molecule has 3 N–H and O–H groups in total. The lowest BCUT2D eigenvalue weighted by Gasteiger charge is -2.20. The monoisotopic (exact) mass is 484 g/mol. The Hall–Kier alpha value is -1.09. The minimum atomic E-state index is -0.323. The van der Waals surface area contributed by atoms with Gasteiger partial charge in [0.1, 0.15) is 12.4 Å². The molecule has 0 aliphatic rings. The van der Waals surface area contributed by atoms with Gasteiger partial charge in [0.25, 0.3) is 0 Å². The van der Waals surface area contributed by atoms with Crippen molar-refractivity contribution in [3.8, 4) is 0 Å². The van der Waals surface area contributed by atoms with Gasteiger partial charge in [0.05, 0.1) is 0 Å². The molecule has 0 aliphatic heterocycles. The third-order valence-corrected chi connectivity index (χ3v) is 3.32. The van der Waals surface area contributed by atoms with E-state index in [1.165, 1.54) is 6.07 Å². The Bertz CT molecular complexity index is 570. The number of halogens is 3. The van der Waals surface area contributed by atoms with E-state index < -0.39 is 0 Å². The highest BCUT2D eigenvalue weighted by molar-refractivity contribution is 14.0. The predicted molar refractivity (Wildman–Crippen MR) is 112 cm³/mol. The fraction of sp³-hybridized carbons (Fsp3) is 0.529. The molecule has 0 aliphatic carbocycles. The molecule has 1 aromatic carbocycles. The van der Waals surface area contributed by atoms with E-state index in [0.717, 1.165) is 0 Å². The second-order valence-corrected chi connectivity index (χ2v) is 6.78. The SMILES string of the molecule is CCNC(=NCC(=O)NC(C)(C)C)NCCc1c(F)cccc1Cl.I. The van der Waals surface area contributed by atoms with Crippen molar-refractivity contribution in [2.75, 3.05) is 19.6 Å². The second-order valence-electron chi connectivity index (χ2n) is 6.37. The van der Waals surface area contributed by atoms with Crippen LogP contribution in [0.1, 0.15) is 33.3 Å². The van der Waals surface area contributed by atoms with E-state index in [2.05, 4.69) is 20.9 Å². The molecule has 0 radical (unpaired) electrons. The van der Waals surface area contributed by atoms with E-state index in [0.29, 0.717) is 36.1 Å².